The number of carbonyl (C=O) groups excluding carboxylic acids is 1. The van der Waals surface area contributed by atoms with Crippen molar-refractivity contribution in [2.75, 3.05) is 5.75 Å². The van der Waals surface area contributed by atoms with E-state index in [0.717, 1.165) is 11.1 Å². The van der Waals surface area contributed by atoms with Crippen molar-refractivity contribution in [3.63, 3.8) is 0 Å². The van der Waals surface area contributed by atoms with Gasteiger partial charge in [-0.1, -0.05) is 24.3 Å². The minimum Gasteiger partial charge on any atom is -0.349 e. The van der Waals surface area contributed by atoms with Crippen LogP contribution in [0.15, 0.2) is 36.4 Å². The number of thioether (sulfide) groups is 1. The molecule has 2 rings (SSSR count). The first-order valence-electron chi connectivity index (χ1n) is 8.06. The van der Waals surface area contributed by atoms with Crippen molar-refractivity contribution in [2.45, 2.75) is 39.5 Å². The largest absolute Gasteiger partial charge is 0.349 e. The fourth-order valence-electron chi connectivity index (χ4n) is 2.65. The third-order valence-electron chi connectivity index (χ3n) is 4.14. The zero-order valence-electron chi connectivity index (χ0n) is 14.7. The van der Waals surface area contributed by atoms with E-state index in [-0.39, 0.29) is 17.8 Å². The van der Waals surface area contributed by atoms with Crippen molar-refractivity contribution in [1.82, 2.24) is 5.32 Å². The van der Waals surface area contributed by atoms with Crippen LogP contribution < -0.4 is 5.32 Å². The van der Waals surface area contributed by atoms with E-state index in [1.54, 1.807) is 12.1 Å². The monoisotopic (exact) mass is 345 g/mol. The Labute approximate surface area is 147 Å². The van der Waals surface area contributed by atoms with Crippen LogP contribution in [0.1, 0.15) is 40.8 Å². The Morgan fingerprint density at radius 1 is 1.08 bits per heavy atom. The van der Waals surface area contributed by atoms with Crippen LogP contribution in [0.5, 0.6) is 0 Å². The van der Waals surface area contributed by atoms with Crippen LogP contribution in [0.4, 0.5) is 4.39 Å². The standard InChI is InChI=1S/C20H24FNOS/c1-13-9-15(3)19(10-14(13)2)16(4)22-20(23)12-24-11-17-5-7-18(21)8-6-17/h5-10,16H,11-12H2,1-4H3,(H,22,23). The van der Waals surface area contributed by atoms with Crippen LogP contribution in [0, 0.1) is 26.6 Å². The molecule has 2 aromatic carbocycles. The van der Waals surface area contributed by atoms with E-state index in [1.807, 2.05) is 6.92 Å². The molecule has 128 valence electrons. The highest BCUT2D eigenvalue weighted by Crippen LogP contribution is 2.22. The lowest BCUT2D eigenvalue weighted by Gasteiger charge is -2.18. The van der Waals surface area contributed by atoms with E-state index in [0.29, 0.717) is 11.5 Å². The summed E-state index contributed by atoms with van der Waals surface area (Å²) in [5.41, 5.74) is 5.89. The lowest BCUT2D eigenvalue weighted by atomic mass is 9.96. The molecule has 1 unspecified atom stereocenters. The van der Waals surface area contributed by atoms with Crippen molar-refractivity contribution < 1.29 is 9.18 Å². The fourth-order valence-corrected chi connectivity index (χ4v) is 3.45. The van der Waals surface area contributed by atoms with Gasteiger partial charge >= 0.3 is 0 Å². The summed E-state index contributed by atoms with van der Waals surface area (Å²) < 4.78 is 12.9. The van der Waals surface area contributed by atoms with E-state index in [1.165, 1.54) is 40.6 Å². The lowest BCUT2D eigenvalue weighted by Crippen LogP contribution is -2.28. The van der Waals surface area contributed by atoms with Crippen molar-refractivity contribution in [2.24, 2.45) is 0 Å². The highest BCUT2D eigenvalue weighted by molar-refractivity contribution is 7.99. The summed E-state index contributed by atoms with van der Waals surface area (Å²) in [6, 6.07) is 10.7. The molecule has 0 aliphatic carbocycles. The molecule has 0 saturated carbocycles. The number of carbonyl (C=O) groups is 1. The molecule has 24 heavy (non-hydrogen) atoms. The Morgan fingerprint density at radius 3 is 2.38 bits per heavy atom. The Hall–Kier alpha value is -1.81. The van der Waals surface area contributed by atoms with Gasteiger partial charge in [0.2, 0.25) is 5.91 Å². The van der Waals surface area contributed by atoms with Crippen LogP contribution in [-0.2, 0) is 10.5 Å². The zero-order valence-corrected chi connectivity index (χ0v) is 15.5. The molecule has 2 aromatic rings. The predicted molar refractivity (Wildman–Crippen MR) is 99.8 cm³/mol. The molecule has 0 aromatic heterocycles. The molecule has 0 radical (unpaired) electrons. The number of rotatable bonds is 6. The molecule has 1 atom stereocenters. The molecule has 0 fully saturated rings. The highest BCUT2D eigenvalue weighted by Gasteiger charge is 2.13. The summed E-state index contributed by atoms with van der Waals surface area (Å²) in [4.78, 5) is 12.1. The van der Waals surface area contributed by atoms with Gasteiger partial charge in [0.1, 0.15) is 5.82 Å². The molecule has 0 saturated heterocycles. The maximum atomic E-state index is 12.9. The summed E-state index contributed by atoms with van der Waals surface area (Å²) in [6.07, 6.45) is 0. The van der Waals surface area contributed by atoms with Crippen LogP contribution in [-0.4, -0.2) is 11.7 Å². The molecule has 0 aliphatic rings. The zero-order chi connectivity index (χ0) is 17.7. The first-order valence-corrected chi connectivity index (χ1v) is 9.21. The van der Waals surface area contributed by atoms with Crippen molar-refractivity contribution in [3.05, 3.63) is 70.0 Å². The van der Waals surface area contributed by atoms with Crippen molar-refractivity contribution in [1.29, 1.82) is 0 Å². The van der Waals surface area contributed by atoms with Crippen molar-refractivity contribution in [3.8, 4) is 0 Å². The molecule has 4 heteroatoms. The summed E-state index contributed by atoms with van der Waals surface area (Å²) >= 11 is 1.53. The van der Waals surface area contributed by atoms with Gasteiger partial charge in [-0.25, -0.2) is 4.39 Å². The van der Waals surface area contributed by atoms with Gasteiger partial charge in [0.15, 0.2) is 0 Å². The maximum absolute atomic E-state index is 12.9. The molecular weight excluding hydrogens is 321 g/mol. The Balaban J connectivity index is 1.85. The number of halogens is 1. The summed E-state index contributed by atoms with van der Waals surface area (Å²) in [6.45, 7) is 8.28. The van der Waals surface area contributed by atoms with E-state index >= 15 is 0 Å². The van der Waals surface area contributed by atoms with Gasteiger partial charge in [-0.15, -0.1) is 11.8 Å². The van der Waals surface area contributed by atoms with E-state index in [2.05, 4.69) is 38.2 Å². The van der Waals surface area contributed by atoms with Crippen LogP contribution in [0.2, 0.25) is 0 Å². The quantitative estimate of drug-likeness (QED) is 0.810. The number of benzene rings is 2. The van der Waals surface area contributed by atoms with E-state index in [9.17, 15) is 9.18 Å². The lowest BCUT2D eigenvalue weighted by molar-refractivity contribution is -0.119. The third kappa shape index (κ3) is 5.10. The number of amides is 1. The van der Waals surface area contributed by atoms with Crippen LogP contribution >= 0.6 is 11.8 Å². The van der Waals surface area contributed by atoms with Gasteiger partial charge in [-0.05, 0) is 67.6 Å². The molecule has 0 heterocycles. The predicted octanol–water partition coefficient (Wildman–Crippen LogP) is 4.86. The van der Waals surface area contributed by atoms with Gasteiger partial charge in [0, 0.05) is 5.75 Å². The second-order valence-electron chi connectivity index (χ2n) is 6.20. The van der Waals surface area contributed by atoms with Crippen LogP contribution in [0.3, 0.4) is 0 Å². The Morgan fingerprint density at radius 2 is 1.71 bits per heavy atom. The third-order valence-corrected chi connectivity index (χ3v) is 5.15. The van der Waals surface area contributed by atoms with Gasteiger partial charge in [-0.2, -0.15) is 0 Å². The molecule has 1 amide bonds. The topological polar surface area (TPSA) is 29.1 Å². The number of hydrogen-bond acceptors (Lipinski definition) is 2. The Kier molecular flexibility index (Phi) is 6.44. The summed E-state index contributed by atoms with van der Waals surface area (Å²) in [5.74, 6) is 0.877. The minimum atomic E-state index is -0.237. The first kappa shape index (κ1) is 18.5. The van der Waals surface area contributed by atoms with Gasteiger partial charge in [-0.3, -0.25) is 4.79 Å². The molecule has 1 N–H and O–H groups in total. The van der Waals surface area contributed by atoms with Crippen molar-refractivity contribution >= 4 is 17.7 Å². The summed E-state index contributed by atoms with van der Waals surface area (Å²) in [7, 11) is 0. The average molecular weight is 345 g/mol. The molecule has 0 bridgehead atoms. The highest BCUT2D eigenvalue weighted by atomic mass is 32.2. The number of hydrogen-bond donors (Lipinski definition) is 1. The number of nitrogens with one attached hydrogen (secondary N) is 1. The van der Waals surface area contributed by atoms with E-state index < -0.39 is 0 Å². The smallest absolute Gasteiger partial charge is 0.230 e. The molecule has 0 spiro atoms. The second kappa shape index (κ2) is 8.34. The molecule has 0 aliphatic heterocycles. The normalized spacial score (nSPS) is 12.0. The van der Waals surface area contributed by atoms with Gasteiger partial charge < -0.3 is 5.32 Å². The van der Waals surface area contributed by atoms with Gasteiger partial charge in [0.25, 0.3) is 0 Å². The van der Waals surface area contributed by atoms with Gasteiger partial charge in [0.05, 0.1) is 11.8 Å². The molecular formula is C20H24FNOS. The first-order chi connectivity index (χ1) is 11.4. The number of aryl methyl sites for hydroxylation is 3. The van der Waals surface area contributed by atoms with E-state index in [4.69, 9.17) is 0 Å². The SMILES string of the molecule is Cc1cc(C)c(C(C)NC(=O)CSCc2ccc(F)cc2)cc1C. The van der Waals surface area contributed by atoms with Crippen LogP contribution in [0.25, 0.3) is 0 Å². The summed E-state index contributed by atoms with van der Waals surface area (Å²) in [5, 5.41) is 3.06. The average Bonchev–Trinajstić information content (AvgIpc) is 2.52. The fraction of sp³-hybridized carbons (Fsp3) is 0.350. The maximum Gasteiger partial charge on any atom is 0.230 e. The second-order valence-corrected chi connectivity index (χ2v) is 7.19. The minimum absolute atomic E-state index is 0.0109. The molecule has 2 nitrogen and oxygen atoms in total. The Bertz CT molecular complexity index is 712.